The van der Waals surface area contributed by atoms with Crippen LogP contribution in [0.4, 0.5) is 0 Å². The van der Waals surface area contributed by atoms with Crippen LogP contribution < -0.4 is 10.3 Å². The van der Waals surface area contributed by atoms with Crippen LogP contribution in [0.3, 0.4) is 0 Å². The number of fused-ring (bicyclic) bond motifs is 1. The minimum absolute atomic E-state index is 0.0714. The number of hydrogen-bond donors (Lipinski definition) is 1. The Hall–Kier alpha value is -4.30. The van der Waals surface area contributed by atoms with Gasteiger partial charge in [0.15, 0.2) is 5.82 Å². The largest absolute Gasteiger partial charge is 0.497 e. The van der Waals surface area contributed by atoms with Gasteiger partial charge in [0.2, 0.25) is 0 Å². The molecule has 0 atom stereocenters. The van der Waals surface area contributed by atoms with Crippen LogP contribution in [0.5, 0.6) is 5.75 Å². The second kappa shape index (κ2) is 11.0. The van der Waals surface area contributed by atoms with Gasteiger partial charge in [0.1, 0.15) is 5.75 Å². The van der Waals surface area contributed by atoms with Gasteiger partial charge in [-0.05, 0) is 71.7 Å². The lowest BCUT2D eigenvalue weighted by Gasteiger charge is -2.22. The van der Waals surface area contributed by atoms with Crippen molar-refractivity contribution < 1.29 is 4.74 Å². The van der Waals surface area contributed by atoms with Gasteiger partial charge >= 0.3 is 0 Å². The smallest absolute Gasteiger partial charge is 0.252 e. The van der Waals surface area contributed by atoms with Crippen LogP contribution in [0.2, 0.25) is 0 Å². The highest BCUT2D eigenvalue weighted by Gasteiger charge is 2.17. The lowest BCUT2D eigenvalue weighted by Crippen LogP contribution is -2.28. The Kier molecular flexibility index (Phi) is 7.33. The third-order valence-corrected chi connectivity index (χ3v) is 6.90. The van der Waals surface area contributed by atoms with Gasteiger partial charge in [-0.3, -0.25) is 9.69 Å². The van der Waals surface area contributed by atoms with Crippen LogP contribution in [0.25, 0.3) is 10.9 Å². The maximum Gasteiger partial charge on any atom is 0.252 e. The predicted octanol–water partition coefficient (Wildman–Crippen LogP) is 4.70. The number of ether oxygens (including phenoxy) is 1. The molecule has 5 rings (SSSR count). The summed E-state index contributed by atoms with van der Waals surface area (Å²) in [5.74, 6) is 1.54. The first-order valence-corrected chi connectivity index (χ1v) is 12.7. The SMILES string of the molecule is COc1ccc(Cn2nnnc2CN(Cc2ccc(C)cc2)Cc2cc3c(C)ccc(C)c3[nH]c2=O)cc1. The quantitative estimate of drug-likeness (QED) is 0.311. The molecular weight excluding hydrogens is 476 g/mol. The van der Waals surface area contributed by atoms with Crippen LogP contribution in [0, 0.1) is 20.8 Å². The summed E-state index contributed by atoms with van der Waals surface area (Å²) in [6.45, 7) is 8.31. The number of aromatic amines is 1. The van der Waals surface area contributed by atoms with E-state index in [4.69, 9.17) is 4.74 Å². The summed E-state index contributed by atoms with van der Waals surface area (Å²) in [5, 5.41) is 13.6. The first-order valence-electron chi connectivity index (χ1n) is 12.7. The predicted molar refractivity (Wildman–Crippen MR) is 148 cm³/mol. The fourth-order valence-electron chi connectivity index (χ4n) is 4.66. The summed E-state index contributed by atoms with van der Waals surface area (Å²) in [6.07, 6.45) is 0. The zero-order valence-electron chi connectivity index (χ0n) is 22.2. The summed E-state index contributed by atoms with van der Waals surface area (Å²) in [6, 6.07) is 22.5. The highest BCUT2D eigenvalue weighted by Crippen LogP contribution is 2.21. The minimum Gasteiger partial charge on any atom is -0.497 e. The summed E-state index contributed by atoms with van der Waals surface area (Å²) in [7, 11) is 1.65. The van der Waals surface area contributed by atoms with E-state index in [-0.39, 0.29) is 5.56 Å². The molecular formula is C30H32N6O2. The van der Waals surface area contributed by atoms with Gasteiger partial charge in [-0.25, -0.2) is 4.68 Å². The highest BCUT2D eigenvalue weighted by atomic mass is 16.5. The molecule has 8 heteroatoms. The summed E-state index contributed by atoms with van der Waals surface area (Å²) in [5.41, 5.74) is 7.17. The molecule has 0 unspecified atom stereocenters. The number of tetrazole rings is 1. The topological polar surface area (TPSA) is 88.9 Å². The van der Waals surface area contributed by atoms with E-state index >= 15 is 0 Å². The van der Waals surface area contributed by atoms with Crippen LogP contribution in [0.15, 0.2) is 71.5 Å². The zero-order valence-corrected chi connectivity index (χ0v) is 22.2. The number of aryl methyl sites for hydroxylation is 3. The molecule has 1 N–H and O–H groups in total. The van der Waals surface area contributed by atoms with Crippen molar-refractivity contribution in [1.82, 2.24) is 30.1 Å². The third kappa shape index (κ3) is 5.65. The van der Waals surface area contributed by atoms with Gasteiger partial charge in [0, 0.05) is 24.0 Å². The molecule has 194 valence electrons. The normalized spacial score (nSPS) is 11.4. The number of nitrogens with zero attached hydrogens (tertiary/aromatic N) is 5. The molecule has 38 heavy (non-hydrogen) atoms. The van der Waals surface area contributed by atoms with Crippen molar-refractivity contribution in [3.05, 3.63) is 116 Å². The average Bonchev–Trinajstić information content (AvgIpc) is 3.35. The zero-order chi connectivity index (χ0) is 26.6. The number of pyridine rings is 1. The van der Waals surface area contributed by atoms with E-state index in [0.29, 0.717) is 31.7 Å². The standard InChI is InChI=1S/C30H32N6O2/c1-20-5-9-23(10-6-20)16-35(18-25-15-27-21(2)7-8-22(3)29(27)31-30(25)37)19-28-32-33-34-36(28)17-24-11-13-26(38-4)14-12-24/h5-15H,16-19H2,1-4H3,(H,31,37). The van der Waals surface area contributed by atoms with Gasteiger partial charge in [0.05, 0.1) is 25.7 Å². The number of methoxy groups -OCH3 is 1. The van der Waals surface area contributed by atoms with Gasteiger partial charge in [-0.2, -0.15) is 0 Å². The molecule has 0 fully saturated rings. The van der Waals surface area contributed by atoms with Crippen molar-refractivity contribution >= 4 is 10.9 Å². The Bertz CT molecular complexity index is 1600. The molecule has 0 aliphatic heterocycles. The molecule has 0 aliphatic carbocycles. The Morgan fingerprint density at radius 2 is 1.58 bits per heavy atom. The van der Waals surface area contributed by atoms with Gasteiger partial charge in [-0.1, -0.05) is 54.1 Å². The molecule has 8 nitrogen and oxygen atoms in total. The molecule has 0 bridgehead atoms. The van der Waals surface area contributed by atoms with E-state index in [2.05, 4.69) is 69.6 Å². The number of hydrogen-bond acceptors (Lipinski definition) is 6. The van der Waals surface area contributed by atoms with Crippen LogP contribution >= 0.6 is 0 Å². The minimum atomic E-state index is -0.0714. The molecule has 0 saturated heterocycles. The molecule has 2 heterocycles. The molecule has 0 radical (unpaired) electrons. The first-order chi connectivity index (χ1) is 18.4. The Morgan fingerprint density at radius 1 is 0.868 bits per heavy atom. The summed E-state index contributed by atoms with van der Waals surface area (Å²) < 4.78 is 7.08. The molecule has 5 aromatic rings. The number of benzene rings is 3. The Balaban J connectivity index is 1.45. The Labute approximate surface area is 221 Å². The van der Waals surface area contributed by atoms with Gasteiger partial charge in [-0.15, -0.1) is 5.10 Å². The van der Waals surface area contributed by atoms with Crippen molar-refractivity contribution in [1.29, 1.82) is 0 Å². The van der Waals surface area contributed by atoms with Crippen LogP contribution in [-0.2, 0) is 26.2 Å². The molecule has 0 aliphatic rings. The molecule has 2 aromatic heterocycles. The maximum absolute atomic E-state index is 13.2. The van der Waals surface area contributed by atoms with E-state index in [1.165, 1.54) is 5.56 Å². The van der Waals surface area contributed by atoms with Crippen LogP contribution in [-0.4, -0.2) is 37.2 Å². The number of aromatic nitrogens is 5. The average molecular weight is 509 g/mol. The third-order valence-electron chi connectivity index (χ3n) is 6.90. The van der Waals surface area contributed by atoms with Crippen molar-refractivity contribution in [2.24, 2.45) is 0 Å². The number of rotatable bonds is 9. The highest BCUT2D eigenvalue weighted by molar-refractivity contribution is 5.85. The summed E-state index contributed by atoms with van der Waals surface area (Å²) in [4.78, 5) is 18.5. The van der Waals surface area contributed by atoms with E-state index in [0.717, 1.165) is 44.7 Å². The fourth-order valence-corrected chi connectivity index (χ4v) is 4.66. The molecule has 0 spiro atoms. The van der Waals surface area contributed by atoms with E-state index in [9.17, 15) is 4.79 Å². The van der Waals surface area contributed by atoms with Crippen LogP contribution in [0.1, 0.15) is 39.2 Å². The molecule has 0 saturated carbocycles. The van der Waals surface area contributed by atoms with Gasteiger partial charge < -0.3 is 9.72 Å². The van der Waals surface area contributed by atoms with E-state index < -0.39 is 0 Å². The Morgan fingerprint density at radius 3 is 2.32 bits per heavy atom. The monoisotopic (exact) mass is 508 g/mol. The van der Waals surface area contributed by atoms with E-state index in [1.54, 1.807) is 7.11 Å². The summed E-state index contributed by atoms with van der Waals surface area (Å²) >= 11 is 0. The number of nitrogens with one attached hydrogen (secondary N) is 1. The number of H-pyrrole nitrogens is 1. The fraction of sp³-hybridized carbons (Fsp3) is 0.267. The lowest BCUT2D eigenvalue weighted by molar-refractivity contribution is 0.236. The van der Waals surface area contributed by atoms with Crippen molar-refractivity contribution in [3.63, 3.8) is 0 Å². The molecule has 0 amide bonds. The van der Waals surface area contributed by atoms with Crippen molar-refractivity contribution in [2.45, 2.75) is 47.0 Å². The van der Waals surface area contributed by atoms with E-state index in [1.807, 2.05) is 48.0 Å². The second-order valence-corrected chi connectivity index (χ2v) is 9.84. The van der Waals surface area contributed by atoms with Gasteiger partial charge in [0.25, 0.3) is 5.56 Å². The van der Waals surface area contributed by atoms with Crippen molar-refractivity contribution in [3.8, 4) is 5.75 Å². The maximum atomic E-state index is 13.2. The lowest BCUT2D eigenvalue weighted by atomic mass is 10.0. The second-order valence-electron chi connectivity index (χ2n) is 9.84. The van der Waals surface area contributed by atoms with Crippen molar-refractivity contribution in [2.75, 3.05) is 7.11 Å². The molecule has 3 aromatic carbocycles. The first kappa shape index (κ1) is 25.4.